The lowest BCUT2D eigenvalue weighted by Crippen LogP contribution is -1.88. The van der Waals surface area contributed by atoms with Crippen molar-refractivity contribution in [3.05, 3.63) is 48.3 Å². The van der Waals surface area contributed by atoms with Crippen LogP contribution in [0.3, 0.4) is 0 Å². The van der Waals surface area contributed by atoms with E-state index in [-0.39, 0.29) is 0 Å². The topological polar surface area (TPSA) is 62.7 Å². The summed E-state index contributed by atoms with van der Waals surface area (Å²) in [5, 5.41) is 8.82. The fraction of sp³-hybridized carbons (Fsp3) is 0. The molecular formula is C12H9N3. The van der Waals surface area contributed by atoms with Crippen LogP contribution < -0.4 is 5.73 Å². The minimum atomic E-state index is 0.571. The Morgan fingerprint density at radius 1 is 1.07 bits per heavy atom. The van der Waals surface area contributed by atoms with Crippen LogP contribution in [-0.2, 0) is 0 Å². The summed E-state index contributed by atoms with van der Waals surface area (Å²) in [4.78, 5) is 3.94. The fourth-order valence-corrected chi connectivity index (χ4v) is 1.43. The van der Waals surface area contributed by atoms with Gasteiger partial charge in [-0.3, -0.25) is 4.98 Å². The number of rotatable bonds is 1. The fourth-order valence-electron chi connectivity index (χ4n) is 1.43. The maximum Gasteiger partial charge on any atom is 0.0992 e. The molecule has 1 heterocycles. The van der Waals surface area contributed by atoms with E-state index in [1.165, 1.54) is 0 Å². The number of hydrogen-bond donors (Lipinski definition) is 1. The van der Waals surface area contributed by atoms with Crippen molar-refractivity contribution in [3.63, 3.8) is 0 Å². The van der Waals surface area contributed by atoms with E-state index in [4.69, 9.17) is 11.0 Å². The second-order valence-corrected chi connectivity index (χ2v) is 3.19. The molecule has 0 radical (unpaired) electrons. The molecule has 2 N–H and O–H groups in total. The molecule has 3 heteroatoms. The van der Waals surface area contributed by atoms with E-state index in [0.29, 0.717) is 11.3 Å². The van der Waals surface area contributed by atoms with Crippen molar-refractivity contribution in [3.8, 4) is 17.2 Å². The predicted molar refractivity (Wildman–Crippen MR) is 58.8 cm³/mol. The normalized spacial score (nSPS) is 9.53. The van der Waals surface area contributed by atoms with Crippen molar-refractivity contribution in [1.82, 2.24) is 4.98 Å². The highest BCUT2D eigenvalue weighted by atomic mass is 14.6. The molecule has 0 unspecified atom stereocenters. The molecule has 0 bridgehead atoms. The van der Waals surface area contributed by atoms with Crippen LogP contribution in [0.4, 0.5) is 5.69 Å². The summed E-state index contributed by atoms with van der Waals surface area (Å²) < 4.78 is 0. The van der Waals surface area contributed by atoms with Crippen LogP contribution in [0.15, 0.2) is 42.7 Å². The lowest BCUT2D eigenvalue weighted by atomic mass is 10.0. The van der Waals surface area contributed by atoms with E-state index in [0.717, 1.165) is 11.1 Å². The Bertz CT molecular complexity index is 512. The van der Waals surface area contributed by atoms with E-state index in [9.17, 15) is 0 Å². The van der Waals surface area contributed by atoms with Gasteiger partial charge >= 0.3 is 0 Å². The van der Waals surface area contributed by atoms with E-state index in [1.807, 2.05) is 24.3 Å². The van der Waals surface area contributed by atoms with Gasteiger partial charge < -0.3 is 5.73 Å². The monoisotopic (exact) mass is 195 g/mol. The van der Waals surface area contributed by atoms with Gasteiger partial charge in [-0.25, -0.2) is 0 Å². The summed E-state index contributed by atoms with van der Waals surface area (Å²) in [5.74, 6) is 0. The number of aromatic nitrogens is 1. The number of hydrogen-bond acceptors (Lipinski definition) is 3. The van der Waals surface area contributed by atoms with Gasteiger partial charge in [0.05, 0.1) is 11.6 Å². The van der Waals surface area contributed by atoms with Gasteiger partial charge in [-0.2, -0.15) is 5.26 Å². The first-order valence-corrected chi connectivity index (χ1v) is 4.50. The van der Waals surface area contributed by atoms with Gasteiger partial charge in [0.15, 0.2) is 0 Å². The van der Waals surface area contributed by atoms with Crippen LogP contribution in [0.25, 0.3) is 11.1 Å². The zero-order chi connectivity index (χ0) is 10.7. The SMILES string of the molecule is N#Cc1cc(N)cc(-c2ccncc2)c1. The molecule has 72 valence electrons. The summed E-state index contributed by atoms with van der Waals surface area (Å²) in [6, 6.07) is 11.2. The third-order valence-corrected chi connectivity index (χ3v) is 2.10. The number of pyridine rings is 1. The Hall–Kier alpha value is -2.34. The van der Waals surface area contributed by atoms with Crippen molar-refractivity contribution in [2.75, 3.05) is 5.73 Å². The van der Waals surface area contributed by atoms with Crippen molar-refractivity contribution in [2.24, 2.45) is 0 Å². The van der Waals surface area contributed by atoms with E-state index in [2.05, 4.69) is 11.1 Å². The molecule has 0 aliphatic carbocycles. The minimum Gasteiger partial charge on any atom is -0.399 e. The highest BCUT2D eigenvalue weighted by Gasteiger charge is 2.00. The molecule has 3 nitrogen and oxygen atoms in total. The minimum absolute atomic E-state index is 0.571. The van der Waals surface area contributed by atoms with Gasteiger partial charge in [0, 0.05) is 18.1 Å². The zero-order valence-electron chi connectivity index (χ0n) is 8.01. The van der Waals surface area contributed by atoms with Gasteiger partial charge in [0.1, 0.15) is 0 Å². The molecule has 0 spiro atoms. The summed E-state index contributed by atoms with van der Waals surface area (Å²) in [6.07, 6.45) is 3.43. The van der Waals surface area contributed by atoms with Crippen LogP contribution in [0.2, 0.25) is 0 Å². The van der Waals surface area contributed by atoms with Crippen molar-refractivity contribution >= 4 is 5.69 Å². The van der Waals surface area contributed by atoms with E-state index < -0.39 is 0 Å². The Morgan fingerprint density at radius 3 is 2.47 bits per heavy atom. The molecule has 15 heavy (non-hydrogen) atoms. The number of nitrogen functional groups attached to an aromatic ring is 1. The average molecular weight is 195 g/mol. The largest absolute Gasteiger partial charge is 0.399 e. The molecule has 0 atom stereocenters. The third kappa shape index (κ3) is 1.94. The van der Waals surface area contributed by atoms with Crippen molar-refractivity contribution < 1.29 is 0 Å². The summed E-state index contributed by atoms with van der Waals surface area (Å²) in [6.45, 7) is 0. The molecule has 0 saturated carbocycles. The van der Waals surface area contributed by atoms with E-state index in [1.54, 1.807) is 18.5 Å². The molecule has 0 amide bonds. The Balaban J connectivity index is 2.55. The smallest absolute Gasteiger partial charge is 0.0992 e. The molecule has 1 aromatic heterocycles. The van der Waals surface area contributed by atoms with Gasteiger partial charge in [0.25, 0.3) is 0 Å². The number of nitriles is 1. The second-order valence-electron chi connectivity index (χ2n) is 3.19. The maximum absolute atomic E-state index is 8.82. The third-order valence-electron chi connectivity index (χ3n) is 2.10. The maximum atomic E-state index is 8.82. The van der Waals surface area contributed by atoms with Crippen LogP contribution in [-0.4, -0.2) is 4.98 Å². The van der Waals surface area contributed by atoms with Crippen LogP contribution in [0.5, 0.6) is 0 Å². The lowest BCUT2D eigenvalue weighted by Gasteiger charge is -2.03. The second kappa shape index (κ2) is 3.81. The van der Waals surface area contributed by atoms with Crippen molar-refractivity contribution in [2.45, 2.75) is 0 Å². The van der Waals surface area contributed by atoms with Crippen LogP contribution >= 0.6 is 0 Å². The molecule has 2 rings (SSSR count). The highest BCUT2D eigenvalue weighted by molar-refractivity contribution is 5.69. The average Bonchev–Trinajstić information content (AvgIpc) is 2.29. The Kier molecular flexibility index (Phi) is 2.34. The number of anilines is 1. The van der Waals surface area contributed by atoms with Gasteiger partial charge in [0.2, 0.25) is 0 Å². The molecule has 0 fully saturated rings. The Morgan fingerprint density at radius 2 is 1.80 bits per heavy atom. The molecule has 0 aliphatic heterocycles. The first kappa shape index (κ1) is 9.22. The Labute approximate surface area is 87.8 Å². The van der Waals surface area contributed by atoms with Gasteiger partial charge in [-0.05, 0) is 41.5 Å². The standard InChI is InChI=1S/C12H9N3/c13-8-9-5-11(7-12(14)6-9)10-1-3-15-4-2-10/h1-7H,14H2. The van der Waals surface area contributed by atoms with Gasteiger partial charge in [-0.15, -0.1) is 0 Å². The number of nitrogens with zero attached hydrogens (tertiary/aromatic N) is 2. The van der Waals surface area contributed by atoms with Crippen LogP contribution in [0.1, 0.15) is 5.56 Å². The van der Waals surface area contributed by atoms with E-state index >= 15 is 0 Å². The summed E-state index contributed by atoms with van der Waals surface area (Å²) in [7, 11) is 0. The quantitative estimate of drug-likeness (QED) is 0.709. The molecule has 0 aliphatic rings. The van der Waals surface area contributed by atoms with Gasteiger partial charge in [-0.1, -0.05) is 0 Å². The van der Waals surface area contributed by atoms with Crippen molar-refractivity contribution in [1.29, 1.82) is 5.26 Å². The summed E-state index contributed by atoms with van der Waals surface area (Å²) in [5.41, 5.74) is 8.82. The number of nitrogens with two attached hydrogens (primary N) is 1. The molecule has 0 saturated heterocycles. The molecule has 1 aromatic carbocycles. The predicted octanol–water partition coefficient (Wildman–Crippen LogP) is 2.20. The summed E-state index contributed by atoms with van der Waals surface area (Å²) >= 11 is 0. The van der Waals surface area contributed by atoms with Crippen LogP contribution in [0, 0.1) is 11.3 Å². The first-order valence-electron chi connectivity index (χ1n) is 4.50. The highest BCUT2D eigenvalue weighted by Crippen LogP contribution is 2.22. The molecule has 2 aromatic rings. The zero-order valence-corrected chi connectivity index (χ0v) is 8.01. The lowest BCUT2D eigenvalue weighted by molar-refractivity contribution is 1.33. The molecular weight excluding hydrogens is 186 g/mol. The first-order chi connectivity index (χ1) is 7.29. The number of benzene rings is 1.